The van der Waals surface area contributed by atoms with Gasteiger partial charge < -0.3 is 24.3 Å². The molecule has 0 atom stereocenters. The fourth-order valence-corrected chi connectivity index (χ4v) is 4.67. The highest BCUT2D eigenvalue weighted by molar-refractivity contribution is 7.89. The van der Waals surface area contributed by atoms with Gasteiger partial charge in [0.2, 0.25) is 10.0 Å². The number of hydrogen-bond acceptors (Lipinski definition) is 7. The van der Waals surface area contributed by atoms with Crippen LogP contribution in [0, 0.1) is 0 Å². The molecule has 0 radical (unpaired) electrons. The number of fused-ring (bicyclic) bond motifs is 1. The number of benzene rings is 2. The Morgan fingerprint density at radius 1 is 0.968 bits per heavy atom. The average molecular weight is 448 g/mol. The second-order valence-electron chi connectivity index (χ2n) is 6.95. The fourth-order valence-electron chi connectivity index (χ4n) is 3.26. The smallest absolute Gasteiger partial charge is 0.251 e. The summed E-state index contributed by atoms with van der Waals surface area (Å²) in [5, 5.41) is 2.78. The van der Waals surface area contributed by atoms with E-state index in [2.05, 4.69) is 5.32 Å². The van der Waals surface area contributed by atoms with Crippen molar-refractivity contribution in [2.45, 2.75) is 4.90 Å². The molecule has 4 rings (SSSR count). The summed E-state index contributed by atoms with van der Waals surface area (Å²) in [6, 6.07) is 11.3. The Morgan fingerprint density at radius 2 is 1.68 bits per heavy atom. The number of ether oxygens (including phenoxy) is 4. The Kier molecular flexibility index (Phi) is 6.59. The third-order valence-electron chi connectivity index (χ3n) is 4.89. The number of amides is 1. The average Bonchev–Trinajstić information content (AvgIpc) is 2.82. The molecule has 10 heteroatoms. The molecule has 0 spiro atoms. The molecule has 1 N–H and O–H groups in total. The molecule has 0 aliphatic carbocycles. The van der Waals surface area contributed by atoms with Crippen LogP contribution in [0.4, 0.5) is 0 Å². The Balaban J connectivity index is 1.26. The van der Waals surface area contributed by atoms with Crippen LogP contribution >= 0.6 is 0 Å². The zero-order chi connectivity index (χ0) is 21.7. The predicted octanol–water partition coefficient (Wildman–Crippen LogP) is 1.29. The van der Waals surface area contributed by atoms with E-state index in [-0.39, 0.29) is 17.4 Å². The van der Waals surface area contributed by atoms with Crippen molar-refractivity contribution >= 4 is 15.9 Å². The first-order valence-corrected chi connectivity index (χ1v) is 11.5. The van der Waals surface area contributed by atoms with Gasteiger partial charge >= 0.3 is 0 Å². The molecule has 2 heterocycles. The van der Waals surface area contributed by atoms with E-state index in [1.165, 1.54) is 16.4 Å². The third kappa shape index (κ3) is 5.09. The van der Waals surface area contributed by atoms with Gasteiger partial charge in [0.25, 0.3) is 5.91 Å². The van der Waals surface area contributed by atoms with Gasteiger partial charge in [0.05, 0.1) is 24.7 Å². The van der Waals surface area contributed by atoms with Crippen LogP contribution in [-0.2, 0) is 14.8 Å². The van der Waals surface area contributed by atoms with Crippen molar-refractivity contribution in [1.29, 1.82) is 0 Å². The fraction of sp³-hybridized carbons (Fsp3) is 0.381. The Hall–Kier alpha value is -2.82. The van der Waals surface area contributed by atoms with Crippen molar-refractivity contribution in [1.82, 2.24) is 9.62 Å². The largest absolute Gasteiger partial charge is 0.492 e. The first kappa shape index (κ1) is 21.4. The summed E-state index contributed by atoms with van der Waals surface area (Å²) in [6.45, 7) is 2.99. The van der Waals surface area contributed by atoms with E-state index >= 15 is 0 Å². The normalized spacial score (nSPS) is 16.5. The lowest BCUT2D eigenvalue weighted by Gasteiger charge is -2.26. The second kappa shape index (κ2) is 9.54. The standard InChI is InChI=1S/C21H24N2O7S/c24-21(16-1-6-19-20(15-16)30-14-13-29-19)22-7-10-28-17-2-4-18(5-3-17)31(25,26)23-8-11-27-12-9-23/h1-6,15H,7-14H2,(H,22,24). The highest BCUT2D eigenvalue weighted by Gasteiger charge is 2.26. The van der Waals surface area contributed by atoms with Gasteiger partial charge in [-0.15, -0.1) is 0 Å². The molecule has 2 aliphatic rings. The Labute approximate surface area is 180 Å². The van der Waals surface area contributed by atoms with E-state index in [1.54, 1.807) is 30.3 Å². The Bertz CT molecular complexity index is 1020. The first-order chi connectivity index (χ1) is 15.0. The molecular formula is C21H24N2O7S. The highest BCUT2D eigenvalue weighted by atomic mass is 32.2. The molecule has 2 aromatic carbocycles. The van der Waals surface area contributed by atoms with Gasteiger partial charge in [-0.05, 0) is 42.5 Å². The van der Waals surface area contributed by atoms with Gasteiger partial charge in [-0.3, -0.25) is 4.79 Å². The predicted molar refractivity (Wildman–Crippen MR) is 111 cm³/mol. The lowest BCUT2D eigenvalue weighted by atomic mass is 10.2. The quantitative estimate of drug-likeness (QED) is 0.637. The number of carbonyl (C=O) groups excluding carboxylic acids is 1. The van der Waals surface area contributed by atoms with E-state index in [0.29, 0.717) is 68.9 Å². The molecule has 1 fully saturated rings. The number of nitrogens with zero attached hydrogens (tertiary/aromatic N) is 1. The van der Waals surface area contributed by atoms with Gasteiger partial charge in [-0.25, -0.2) is 8.42 Å². The van der Waals surface area contributed by atoms with Crippen molar-refractivity contribution < 1.29 is 32.2 Å². The van der Waals surface area contributed by atoms with Gasteiger partial charge in [-0.2, -0.15) is 4.31 Å². The van der Waals surface area contributed by atoms with Gasteiger partial charge in [-0.1, -0.05) is 0 Å². The third-order valence-corrected chi connectivity index (χ3v) is 6.81. The van der Waals surface area contributed by atoms with Crippen LogP contribution in [0.1, 0.15) is 10.4 Å². The minimum absolute atomic E-state index is 0.216. The van der Waals surface area contributed by atoms with Crippen LogP contribution in [-0.4, -0.2) is 71.3 Å². The van der Waals surface area contributed by atoms with Gasteiger partial charge in [0.1, 0.15) is 25.6 Å². The number of rotatable bonds is 7. The lowest BCUT2D eigenvalue weighted by molar-refractivity contribution is 0.0730. The van der Waals surface area contributed by atoms with Crippen molar-refractivity contribution in [3.63, 3.8) is 0 Å². The number of hydrogen-bond donors (Lipinski definition) is 1. The summed E-state index contributed by atoms with van der Waals surface area (Å²) in [5.74, 6) is 1.47. The van der Waals surface area contributed by atoms with Crippen LogP contribution in [0.5, 0.6) is 17.2 Å². The summed E-state index contributed by atoms with van der Waals surface area (Å²) < 4.78 is 48.4. The minimum Gasteiger partial charge on any atom is -0.492 e. The molecule has 31 heavy (non-hydrogen) atoms. The van der Waals surface area contributed by atoms with Crippen molar-refractivity contribution in [3.05, 3.63) is 48.0 Å². The van der Waals surface area contributed by atoms with E-state index in [0.717, 1.165) is 0 Å². The molecule has 1 saturated heterocycles. The van der Waals surface area contributed by atoms with E-state index in [1.807, 2.05) is 0 Å². The maximum absolute atomic E-state index is 12.6. The Morgan fingerprint density at radius 3 is 2.42 bits per heavy atom. The molecule has 0 saturated carbocycles. The zero-order valence-corrected chi connectivity index (χ0v) is 17.7. The maximum Gasteiger partial charge on any atom is 0.251 e. The molecule has 0 aromatic heterocycles. The number of sulfonamides is 1. The van der Waals surface area contributed by atoms with Crippen LogP contribution in [0.3, 0.4) is 0 Å². The van der Waals surface area contributed by atoms with Crippen LogP contribution in [0.2, 0.25) is 0 Å². The van der Waals surface area contributed by atoms with Crippen LogP contribution in [0.15, 0.2) is 47.4 Å². The number of carbonyl (C=O) groups is 1. The summed E-state index contributed by atoms with van der Waals surface area (Å²) in [4.78, 5) is 12.5. The molecule has 2 aliphatic heterocycles. The SMILES string of the molecule is O=C(NCCOc1ccc(S(=O)(=O)N2CCOCC2)cc1)c1ccc2c(c1)OCCO2. The molecule has 9 nitrogen and oxygen atoms in total. The molecular weight excluding hydrogens is 424 g/mol. The lowest BCUT2D eigenvalue weighted by Crippen LogP contribution is -2.40. The molecule has 166 valence electrons. The van der Waals surface area contributed by atoms with Crippen molar-refractivity contribution in [2.24, 2.45) is 0 Å². The zero-order valence-electron chi connectivity index (χ0n) is 16.9. The first-order valence-electron chi connectivity index (χ1n) is 10.0. The maximum atomic E-state index is 12.6. The van der Waals surface area contributed by atoms with Crippen LogP contribution < -0.4 is 19.5 Å². The van der Waals surface area contributed by atoms with Crippen LogP contribution in [0.25, 0.3) is 0 Å². The molecule has 0 bridgehead atoms. The summed E-state index contributed by atoms with van der Waals surface area (Å²) in [7, 11) is -3.53. The summed E-state index contributed by atoms with van der Waals surface area (Å²) in [5.41, 5.74) is 0.474. The van der Waals surface area contributed by atoms with E-state index < -0.39 is 10.0 Å². The van der Waals surface area contributed by atoms with E-state index in [4.69, 9.17) is 18.9 Å². The molecule has 0 unspecified atom stereocenters. The van der Waals surface area contributed by atoms with Crippen molar-refractivity contribution in [3.8, 4) is 17.2 Å². The number of morpholine rings is 1. The topological polar surface area (TPSA) is 103 Å². The molecule has 1 amide bonds. The van der Waals surface area contributed by atoms with Gasteiger partial charge in [0.15, 0.2) is 11.5 Å². The second-order valence-corrected chi connectivity index (χ2v) is 8.89. The minimum atomic E-state index is -3.53. The van der Waals surface area contributed by atoms with Gasteiger partial charge in [0, 0.05) is 18.7 Å². The van der Waals surface area contributed by atoms with E-state index in [9.17, 15) is 13.2 Å². The summed E-state index contributed by atoms with van der Waals surface area (Å²) in [6.07, 6.45) is 0. The highest BCUT2D eigenvalue weighted by Crippen LogP contribution is 2.30. The number of nitrogens with one attached hydrogen (secondary N) is 1. The summed E-state index contributed by atoms with van der Waals surface area (Å²) >= 11 is 0. The molecule has 2 aromatic rings. The monoisotopic (exact) mass is 448 g/mol. The van der Waals surface area contributed by atoms with Crippen molar-refractivity contribution in [2.75, 3.05) is 52.7 Å².